The summed E-state index contributed by atoms with van der Waals surface area (Å²) in [7, 11) is 1.72. The van der Waals surface area contributed by atoms with E-state index in [9.17, 15) is 4.79 Å². The maximum atomic E-state index is 12.6. The smallest absolute Gasteiger partial charge is 0.255 e. The van der Waals surface area contributed by atoms with Crippen LogP contribution in [0, 0.1) is 5.41 Å². The Bertz CT molecular complexity index is 490. The van der Waals surface area contributed by atoms with Gasteiger partial charge in [-0.05, 0) is 31.4 Å². The number of aromatic nitrogens is 1. The van der Waals surface area contributed by atoms with E-state index in [1.807, 2.05) is 11.0 Å². The molecule has 0 spiro atoms. The molecule has 0 bridgehead atoms. The van der Waals surface area contributed by atoms with E-state index in [0.29, 0.717) is 18.7 Å². The number of carbonyl (C=O) groups is 1. The summed E-state index contributed by atoms with van der Waals surface area (Å²) < 4.78 is 11.4. The molecule has 2 aliphatic heterocycles. The van der Waals surface area contributed by atoms with E-state index in [0.717, 1.165) is 32.4 Å². The van der Waals surface area contributed by atoms with Gasteiger partial charge >= 0.3 is 0 Å². The van der Waals surface area contributed by atoms with Crippen LogP contribution in [0.1, 0.15) is 29.6 Å². The van der Waals surface area contributed by atoms with E-state index in [-0.39, 0.29) is 17.4 Å². The zero-order valence-corrected chi connectivity index (χ0v) is 12.5. The van der Waals surface area contributed by atoms with Crippen molar-refractivity contribution in [2.75, 3.05) is 33.4 Å². The molecule has 2 aliphatic rings. The van der Waals surface area contributed by atoms with Gasteiger partial charge in [-0.15, -0.1) is 0 Å². The highest BCUT2D eigenvalue weighted by molar-refractivity contribution is 5.94. The SMILES string of the molecule is COC[C@@]12CCCO[C@@H]1CCN(C(=O)c1cccnc1)C2. The van der Waals surface area contributed by atoms with Crippen molar-refractivity contribution in [2.45, 2.75) is 25.4 Å². The van der Waals surface area contributed by atoms with Crippen LogP contribution in [0.5, 0.6) is 0 Å². The quantitative estimate of drug-likeness (QED) is 0.851. The summed E-state index contributed by atoms with van der Waals surface area (Å²) in [5, 5.41) is 0. The first-order chi connectivity index (χ1) is 10.2. The molecule has 3 heterocycles. The average Bonchev–Trinajstić information content (AvgIpc) is 2.54. The van der Waals surface area contributed by atoms with Gasteiger partial charge in [0, 0.05) is 44.6 Å². The number of methoxy groups -OCH3 is 1. The van der Waals surface area contributed by atoms with Gasteiger partial charge in [0.15, 0.2) is 0 Å². The van der Waals surface area contributed by atoms with Crippen molar-refractivity contribution in [3.63, 3.8) is 0 Å². The normalized spacial score (nSPS) is 29.0. The molecule has 3 rings (SSSR count). The number of pyridine rings is 1. The summed E-state index contributed by atoms with van der Waals surface area (Å²) in [4.78, 5) is 18.6. The topological polar surface area (TPSA) is 51.7 Å². The fourth-order valence-electron chi connectivity index (χ4n) is 3.63. The second-order valence-electron chi connectivity index (χ2n) is 6.02. The second-order valence-corrected chi connectivity index (χ2v) is 6.02. The predicted molar refractivity (Wildman–Crippen MR) is 78.0 cm³/mol. The minimum absolute atomic E-state index is 0.0525. The first kappa shape index (κ1) is 14.5. The molecule has 0 aromatic carbocycles. The van der Waals surface area contributed by atoms with Gasteiger partial charge in [0.05, 0.1) is 18.3 Å². The number of nitrogens with zero attached hydrogens (tertiary/aromatic N) is 2. The number of amides is 1. The molecule has 2 fully saturated rings. The summed E-state index contributed by atoms with van der Waals surface area (Å²) in [6, 6.07) is 3.62. The lowest BCUT2D eigenvalue weighted by Crippen LogP contribution is -2.58. The molecule has 21 heavy (non-hydrogen) atoms. The van der Waals surface area contributed by atoms with E-state index in [4.69, 9.17) is 9.47 Å². The van der Waals surface area contributed by atoms with Crippen molar-refractivity contribution >= 4 is 5.91 Å². The van der Waals surface area contributed by atoms with Gasteiger partial charge in [-0.3, -0.25) is 9.78 Å². The van der Waals surface area contributed by atoms with Crippen LogP contribution in [0.2, 0.25) is 0 Å². The number of ether oxygens (including phenoxy) is 2. The second kappa shape index (κ2) is 6.12. The molecular formula is C16H22N2O3. The number of piperidine rings is 1. The molecule has 0 unspecified atom stereocenters. The van der Waals surface area contributed by atoms with E-state index < -0.39 is 0 Å². The Labute approximate surface area is 125 Å². The Morgan fingerprint density at radius 2 is 2.52 bits per heavy atom. The first-order valence-corrected chi connectivity index (χ1v) is 7.55. The van der Waals surface area contributed by atoms with Gasteiger partial charge in [-0.2, -0.15) is 0 Å². The number of hydrogen-bond donors (Lipinski definition) is 0. The third kappa shape index (κ3) is 2.80. The third-order valence-electron chi connectivity index (χ3n) is 4.62. The molecule has 0 N–H and O–H groups in total. The van der Waals surface area contributed by atoms with Crippen molar-refractivity contribution in [1.82, 2.24) is 9.88 Å². The van der Waals surface area contributed by atoms with Crippen LogP contribution < -0.4 is 0 Å². The van der Waals surface area contributed by atoms with Crippen LogP contribution in [0.3, 0.4) is 0 Å². The van der Waals surface area contributed by atoms with Crippen molar-refractivity contribution in [3.8, 4) is 0 Å². The van der Waals surface area contributed by atoms with Crippen LogP contribution in [-0.4, -0.2) is 55.3 Å². The molecule has 0 aliphatic carbocycles. The van der Waals surface area contributed by atoms with E-state index >= 15 is 0 Å². The maximum Gasteiger partial charge on any atom is 0.255 e. The summed E-state index contributed by atoms with van der Waals surface area (Å²) in [6.45, 7) is 2.92. The first-order valence-electron chi connectivity index (χ1n) is 7.55. The van der Waals surface area contributed by atoms with Crippen LogP contribution in [-0.2, 0) is 9.47 Å². The highest BCUT2D eigenvalue weighted by atomic mass is 16.5. The zero-order chi connectivity index (χ0) is 14.7. The largest absolute Gasteiger partial charge is 0.384 e. The Kier molecular flexibility index (Phi) is 4.22. The summed E-state index contributed by atoms with van der Waals surface area (Å²) in [6.07, 6.45) is 6.51. The fraction of sp³-hybridized carbons (Fsp3) is 0.625. The van der Waals surface area contributed by atoms with Gasteiger partial charge in [0.1, 0.15) is 0 Å². The lowest BCUT2D eigenvalue weighted by Gasteiger charge is -2.50. The lowest BCUT2D eigenvalue weighted by atomic mass is 9.73. The number of fused-ring (bicyclic) bond motifs is 1. The molecule has 1 aromatic rings. The average molecular weight is 290 g/mol. The fourth-order valence-corrected chi connectivity index (χ4v) is 3.63. The zero-order valence-electron chi connectivity index (χ0n) is 12.5. The van der Waals surface area contributed by atoms with Crippen LogP contribution in [0.15, 0.2) is 24.5 Å². The van der Waals surface area contributed by atoms with Crippen molar-refractivity contribution < 1.29 is 14.3 Å². The van der Waals surface area contributed by atoms with Crippen molar-refractivity contribution in [2.24, 2.45) is 5.41 Å². The minimum atomic E-state index is -0.0525. The predicted octanol–water partition coefficient (Wildman–Crippen LogP) is 1.74. The van der Waals surface area contributed by atoms with Crippen molar-refractivity contribution in [3.05, 3.63) is 30.1 Å². The highest BCUT2D eigenvalue weighted by Gasteiger charge is 2.47. The number of rotatable bonds is 3. The molecule has 2 saturated heterocycles. The van der Waals surface area contributed by atoms with Gasteiger partial charge in [0.25, 0.3) is 5.91 Å². The van der Waals surface area contributed by atoms with Crippen LogP contribution >= 0.6 is 0 Å². The molecule has 5 nitrogen and oxygen atoms in total. The lowest BCUT2D eigenvalue weighted by molar-refractivity contribution is -0.142. The maximum absolute atomic E-state index is 12.6. The van der Waals surface area contributed by atoms with Crippen molar-refractivity contribution in [1.29, 1.82) is 0 Å². The van der Waals surface area contributed by atoms with Crippen LogP contribution in [0.4, 0.5) is 0 Å². The molecular weight excluding hydrogens is 268 g/mol. The van der Waals surface area contributed by atoms with E-state index in [2.05, 4.69) is 4.98 Å². The number of likely N-dealkylation sites (tertiary alicyclic amines) is 1. The minimum Gasteiger partial charge on any atom is -0.384 e. The molecule has 1 amide bonds. The molecule has 0 saturated carbocycles. The Balaban J connectivity index is 1.78. The molecule has 0 radical (unpaired) electrons. The number of hydrogen-bond acceptors (Lipinski definition) is 4. The monoisotopic (exact) mass is 290 g/mol. The van der Waals surface area contributed by atoms with Gasteiger partial charge in [0.2, 0.25) is 0 Å². The van der Waals surface area contributed by atoms with Crippen LogP contribution in [0.25, 0.3) is 0 Å². The number of carbonyl (C=O) groups excluding carboxylic acids is 1. The Hall–Kier alpha value is -1.46. The molecule has 2 atom stereocenters. The Morgan fingerprint density at radius 1 is 1.62 bits per heavy atom. The summed E-state index contributed by atoms with van der Waals surface area (Å²) in [5.74, 6) is 0.0580. The van der Waals surface area contributed by atoms with E-state index in [1.165, 1.54) is 0 Å². The Morgan fingerprint density at radius 3 is 3.29 bits per heavy atom. The standard InChI is InChI=1S/C16H22N2O3/c1-20-12-16-6-3-9-21-14(16)5-8-18(11-16)15(19)13-4-2-7-17-10-13/h2,4,7,10,14H,3,5-6,8-9,11-12H2,1H3/t14-,16+/m1/s1. The molecule has 5 heteroatoms. The third-order valence-corrected chi connectivity index (χ3v) is 4.62. The summed E-state index contributed by atoms with van der Waals surface area (Å²) >= 11 is 0. The molecule has 1 aromatic heterocycles. The summed E-state index contributed by atoms with van der Waals surface area (Å²) in [5.41, 5.74) is 0.601. The van der Waals surface area contributed by atoms with Gasteiger partial charge in [-0.25, -0.2) is 0 Å². The van der Waals surface area contributed by atoms with Gasteiger partial charge in [-0.1, -0.05) is 0 Å². The highest BCUT2D eigenvalue weighted by Crippen LogP contribution is 2.40. The van der Waals surface area contributed by atoms with E-state index in [1.54, 1.807) is 25.6 Å². The van der Waals surface area contributed by atoms with Gasteiger partial charge < -0.3 is 14.4 Å². The molecule has 114 valence electrons.